The number of benzene rings is 3. The van der Waals surface area contributed by atoms with Gasteiger partial charge in [-0.2, -0.15) is 5.10 Å². The minimum Gasteiger partial charge on any atom is -0.279 e. The van der Waals surface area contributed by atoms with E-state index < -0.39 is 10.0 Å². The van der Waals surface area contributed by atoms with Gasteiger partial charge in [-0.1, -0.05) is 66.2 Å². The number of hydrazone groups is 1. The molecule has 158 valence electrons. The van der Waals surface area contributed by atoms with Crippen LogP contribution < -0.4 is 4.72 Å². The number of anilines is 1. The Labute approximate surface area is 182 Å². The lowest BCUT2D eigenvalue weighted by Crippen LogP contribution is -2.24. The van der Waals surface area contributed by atoms with E-state index in [1.165, 1.54) is 11.9 Å². The molecule has 0 bridgehead atoms. The molecule has 6 nitrogen and oxygen atoms in total. The monoisotopic (exact) mass is 433 g/mol. The predicted molar refractivity (Wildman–Crippen MR) is 121 cm³/mol. The van der Waals surface area contributed by atoms with Crippen molar-refractivity contribution in [1.29, 1.82) is 0 Å². The van der Waals surface area contributed by atoms with E-state index in [0.717, 1.165) is 11.1 Å². The Balaban J connectivity index is 1.69. The summed E-state index contributed by atoms with van der Waals surface area (Å²) in [5.41, 5.74) is 3.84. The molecule has 0 radical (unpaired) electrons. The molecule has 3 aromatic rings. The highest BCUT2D eigenvalue weighted by molar-refractivity contribution is 7.92. The van der Waals surface area contributed by atoms with E-state index >= 15 is 0 Å². The number of sulfonamides is 1. The lowest BCUT2D eigenvalue weighted by Gasteiger charge is -2.20. The zero-order valence-electron chi connectivity index (χ0n) is 17.3. The third-order valence-corrected chi connectivity index (χ3v) is 6.58. The first-order chi connectivity index (χ1) is 14.8. The molecule has 1 aliphatic heterocycles. The minimum atomic E-state index is -3.75. The SMILES string of the molecule is CC(=O)N1N=C(c2ccccc2NS(=O)(=O)c2ccccc2)CC1c1cccc(C)c1. The molecule has 1 unspecified atom stereocenters. The fourth-order valence-electron chi connectivity index (χ4n) is 3.73. The number of hydrogen-bond donors (Lipinski definition) is 1. The maximum atomic E-state index is 12.8. The van der Waals surface area contributed by atoms with Crippen LogP contribution in [-0.2, 0) is 14.8 Å². The van der Waals surface area contributed by atoms with Gasteiger partial charge in [0, 0.05) is 18.9 Å². The van der Waals surface area contributed by atoms with Gasteiger partial charge in [0.25, 0.3) is 10.0 Å². The van der Waals surface area contributed by atoms with Gasteiger partial charge >= 0.3 is 0 Å². The second-order valence-electron chi connectivity index (χ2n) is 7.51. The van der Waals surface area contributed by atoms with Gasteiger partial charge in [-0.05, 0) is 30.7 Å². The molecule has 0 spiro atoms. The van der Waals surface area contributed by atoms with Crippen molar-refractivity contribution in [2.24, 2.45) is 5.10 Å². The van der Waals surface area contributed by atoms with Crippen LogP contribution in [0.2, 0.25) is 0 Å². The molecule has 1 N–H and O–H groups in total. The number of rotatable bonds is 5. The van der Waals surface area contributed by atoms with E-state index in [1.54, 1.807) is 42.5 Å². The lowest BCUT2D eigenvalue weighted by atomic mass is 9.96. The molecule has 31 heavy (non-hydrogen) atoms. The Morgan fingerprint density at radius 2 is 1.71 bits per heavy atom. The average molecular weight is 434 g/mol. The number of carbonyl (C=O) groups is 1. The van der Waals surface area contributed by atoms with Gasteiger partial charge in [-0.15, -0.1) is 0 Å². The summed E-state index contributed by atoms with van der Waals surface area (Å²) in [6, 6.07) is 23.1. The Hall–Kier alpha value is -3.45. The smallest absolute Gasteiger partial charge is 0.261 e. The van der Waals surface area contributed by atoms with Crippen LogP contribution in [0.1, 0.15) is 36.1 Å². The molecule has 1 atom stereocenters. The second-order valence-corrected chi connectivity index (χ2v) is 9.19. The largest absolute Gasteiger partial charge is 0.279 e. The number of amides is 1. The quantitative estimate of drug-likeness (QED) is 0.644. The molecule has 0 saturated heterocycles. The zero-order valence-corrected chi connectivity index (χ0v) is 18.1. The van der Waals surface area contributed by atoms with Crippen LogP contribution in [0.5, 0.6) is 0 Å². The van der Waals surface area contributed by atoms with Crippen molar-refractivity contribution >= 4 is 27.3 Å². The molecule has 0 aromatic heterocycles. The highest BCUT2D eigenvalue weighted by Gasteiger charge is 2.32. The fraction of sp³-hybridized carbons (Fsp3) is 0.167. The van der Waals surface area contributed by atoms with Crippen LogP contribution >= 0.6 is 0 Å². The topological polar surface area (TPSA) is 78.8 Å². The summed E-state index contributed by atoms with van der Waals surface area (Å²) in [6.07, 6.45) is 0.493. The van der Waals surface area contributed by atoms with E-state index in [9.17, 15) is 13.2 Å². The summed E-state index contributed by atoms with van der Waals surface area (Å²) in [4.78, 5) is 12.5. The minimum absolute atomic E-state index is 0.163. The third kappa shape index (κ3) is 4.36. The molecule has 4 rings (SSSR count). The van der Waals surface area contributed by atoms with Crippen LogP contribution in [0.15, 0.2) is 88.9 Å². The molecular weight excluding hydrogens is 410 g/mol. The van der Waals surface area contributed by atoms with Crippen LogP contribution in [0.3, 0.4) is 0 Å². The Morgan fingerprint density at radius 1 is 1.00 bits per heavy atom. The van der Waals surface area contributed by atoms with Gasteiger partial charge in [0.15, 0.2) is 0 Å². The first-order valence-corrected chi connectivity index (χ1v) is 11.4. The summed E-state index contributed by atoms with van der Waals surface area (Å²) in [5, 5.41) is 6.05. The van der Waals surface area contributed by atoms with Gasteiger partial charge < -0.3 is 0 Å². The molecule has 1 aliphatic rings. The molecule has 3 aromatic carbocycles. The van der Waals surface area contributed by atoms with Crippen molar-refractivity contribution in [2.75, 3.05) is 4.72 Å². The predicted octanol–water partition coefficient (Wildman–Crippen LogP) is 4.49. The summed E-state index contributed by atoms with van der Waals surface area (Å²) < 4.78 is 28.4. The Bertz CT molecular complexity index is 1250. The van der Waals surface area contributed by atoms with Crippen molar-refractivity contribution in [3.05, 3.63) is 95.6 Å². The van der Waals surface area contributed by atoms with Gasteiger partial charge in [0.05, 0.1) is 22.3 Å². The summed E-state index contributed by atoms with van der Waals surface area (Å²) >= 11 is 0. The van der Waals surface area contributed by atoms with Gasteiger partial charge in [0.1, 0.15) is 0 Å². The third-order valence-electron chi connectivity index (χ3n) is 5.20. The van der Waals surface area contributed by atoms with E-state index in [1.807, 2.05) is 43.3 Å². The molecule has 0 saturated carbocycles. The van der Waals surface area contributed by atoms with Crippen molar-refractivity contribution < 1.29 is 13.2 Å². The van der Waals surface area contributed by atoms with Gasteiger partial charge in [0.2, 0.25) is 5.91 Å². The highest BCUT2D eigenvalue weighted by Crippen LogP contribution is 2.35. The van der Waals surface area contributed by atoms with Gasteiger partial charge in [-0.25, -0.2) is 13.4 Å². The van der Waals surface area contributed by atoms with Crippen molar-refractivity contribution in [1.82, 2.24) is 5.01 Å². The average Bonchev–Trinajstić information content (AvgIpc) is 3.20. The summed E-state index contributed by atoms with van der Waals surface area (Å²) in [5.74, 6) is -0.163. The zero-order chi connectivity index (χ0) is 22.0. The van der Waals surface area contributed by atoms with E-state index in [2.05, 4.69) is 9.82 Å². The van der Waals surface area contributed by atoms with Crippen LogP contribution in [-0.4, -0.2) is 25.0 Å². The van der Waals surface area contributed by atoms with Crippen LogP contribution in [0, 0.1) is 6.92 Å². The molecule has 7 heteroatoms. The number of hydrogen-bond acceptors (Lipinski definition) is 4. The molecule has 0 fully saturated rings. The Kier molecular flexibility index (Phi) is 5.61. The first kappa shape index (κ1) is 20.8. The maximum Gasteiger partial charge on any atom is 0.261 e. The number of para-hydroxylation sites is 1. The van der Waals surface area contributed by atoms with Gasteiger partial charge in [-0.3, -0.25) is 9.52 Å². The molecule has 0 aliphatic carbocycles. The van der Waals surface area contributed by atoms with E-state index in [4.69, 9.17) is 0 Å². The molecule has 1 heterocycles. The second kappa shape index (κ2) is 8.35. The van der Waals surface area contributed by atoms with Crippen LogP contribution in [0.4, 0.5) is 5.69 Å². The molecular formula is C24H23N3O3S. The first-order valence-electron chi connectivity index (χ1n) is 9.96. The van der Waals surface area contributed by atoms with Crippen molar-refractivity contribution in [2.45, 2.75) is 31.2 Å². The van der Waals surface area contributed by atoms with Crippen LogP contribution in [0.25, 0.3) is 0 Å². The van der Waals surface area contributed by atoms with Crippen molar-refractivity contribution in [3.63, 3.8) is 0 Å². The summed E-state index contributed by atoms with van der Waals surface area (Å²) in [6.45, 7) is 3.49. The normalized spacial score (nSPS) is 16.1. The Morgan fingerprint density at radius 3 is 2.42 bits per heavy atom. The number of nitrogens with one attached hydrogen (secondary N) is 1. The number of aryl methyl sites for hydroxylation is 1. The van der Waals surface area contributed by atoms with Crippen molar-refractivity contribution in [3.8, 4) is 0 Å². The maximum absolute atomic E-state index is 12.8. The highest BCUT2D eigenvalue weighted by atomic mass is 32.2. The van der Waals surface area contributed by atoms with E-state index in [-0.39, 0.29) is 16.8 Å². The lowest BCUT2D eigenvalue weighted by molar-refractivity contribution is -0.130. The number of carbonyl (C=O) groups excluding carboxylic acids is 1. The van der Waals surface area contributed by atoms with E-state index in [0.29, 0.717) is 23.4 Å². The standard InChI is InChI=1S/C24H23N3O3S/c1-17-9-8-10-19(15-17)24-16-23(25-27(24)18(2)28)21-13-6-7-14-22(21)26-31(29,30)20-11-4-3-5-12-20/h3-15,24,26H,16H2,1-2H3. The molecule has 1 amide bonds. The summed E-state index contributed by atoms with van der Waals surface area (Å²) in [7, 11) is -3.75. The fourth-order valence-corrected chi connectivity index (χ4v) is 4.83. The number of nitrogens with zero attached hydrogens (tertiary/aromatic N) is 2.